The summed E-state index contributed by atoms with van der Waals surface area (Å²) < 4.78 is 25.8. The minimum absolute atomic E-state index is 0.149. The first-order chi connectivity index (χ1) is 6.50. The van der Waals surface area contributed by atoms with Crippen LogP contribution in [-0.2, 0) is 6.42 Å². The smallest absolute Gasteiger partial charge is 0.181 e. The van der Waals surface area contributed by atoms with Crippen LogP contribution >= 0.6 is 0 Å². The number of hydrogen-bond acceptors (Lipinski definition) is 2. The van der Waals surface area contributed by atoms with E-state index in [0.29, 0.717) is 12.0 Å². The molecule has 0 unspecified atom stereocenters. The van der Waals surface area contributed by atoms with E-state index in [4.69, 9.17) is 11.5 Å². The molecule has 0 bridgehead atoms. The van der Waals surface area contributed by atoms with Gasteiger partial charge in [-0.05, 0) is 37.0 Å². The molecule has 0 aromatic heterocycles. The van der Waals surface area contributed by atoms with Crippen molar-refractivity contribution in [2.75, 3.05) is 5.73 Å². The zero-order chi connectivity index (χ0) is 10.3. The number of nitrogen functional groups attached to an aromatic ring is 1. The summed E-state index contributed by atoms with van der Waals surface area (Å²) in [6, 6.07) is 2.62. The van der Waals surface area contributed by atoms with E-state index in [9.17, 15) is 8.78 Å². The molecule has 14 heavy (non-hydrogen) atoms. The first-order valence-corrected chi connectivity index (χ1v) is 4.52. The highest BCUT2D eigenvalue weighted by Gasteiger charge is 2.38. The molecule has 4 N–H and O–H groups in total. The first kappa shape index (κ1) is 9.40. The van der Waals surface area contributed by atoms with Crippen LogP contribution in [0.15, 0.2) is 12.1 Å². The molecule has 1 saturated carbocycles. The molecule has 0 aliphatic heterocycles. The lowest BCUT2D eigenvalue weighted by atomic mass is 10.0. The number of nitrogens with two attached hydrogens (primary N) is 2. The van der Waals surface area contributed by atoms with Crippen LogP contribution in [0.1, 0.15) is 18.4 Å². The summed E-state index contributed by atoms with van der Waals surface area (Å²) in [5.74, 6) is -1.88. The van der Waals surface area contributed by atoms with Crippen molar-refractivity contribution in [3.05, 3.63) is 29.3 Å². The van der Waals surface area contributed by atoms with Crippen LogP contribution in [0.25, 0.3) is 0 Å². The van der Waals surface area contributed by atoms with Gasteiger partial charge in [0.15, 0.2) is 11.6 Å². The van der Waals surface area contributed by atoms with Gasteiger partial charge in [0.1, 0.15) is 0 Å². The third kappa shape index (κ3) is 1.70. The topological polar surface area (TPSA) is 52.0 Å². The maximum atomic E-state index is 12.9. The van der Waals surface area contributed by atoms with Crippen LogP contribution in [0.3, 0.4) is 0 Å². The van der Waals surface area contributed by atoms with Gasteiger partial charge in [0, 0.05) is 5.54 Å². The summed E-state index contributed by atoms with van der Waals surface area (Å²) in [5, 5.41) is 0. The third-order valence-electron chi connectivity index (χ3n) is 2.56. The molecule has 0 atom stereocenters. The molecule has 1 fully saturated rings. The third-order valence-corrected chi connectivity index (χ3v) is 2.56. The van der Waals surface area contributed by atoms with Crippen LogP contribution < -0.4 is 11.5 Å². The monoisotopic (exact) mass is 198 g/mol. The Labute approximate surface area is 80.9 Å². The number of halogens is 2. The van der Waals surface area contributed by atoms with Crippen molar-refractivity contribution in [3.63, 3.8) is 0 Å². The number of rotatable bonds is 2. The Kier molecular flexibility index (Phi) is 1.96. The summed E-state index contributed by atoms with van der Waals surface area (Å²) >= 11 is 0. The van der Waals surface area contributed by atoms with Crippen LogP contribution in [0.2, 0.25) is 0 Å². The van der Waals surface area contributed by atoms with Gasteiger partial charge in [0.25, 0.3) is 0 Å². The Morgan fingerprint density at radius 2 is 1.93 bits per heavy atom. The van der Waals surface area contributed by atoms with E-state index in [-0.39, 0.29) is 11.2 Å². The van der Waals surface area contributed by atoms with E-state index in [2.05, 4.69) is 0 Å². The highest BCUT2D eigenvalue weighted by Crippen LogP contribution is 2.36. The van der Waals surface area contributed by atoms with Gasteiger partial charge in [-0.1, -0.05) is 0 Å². The second-order valence-corrected chi connectivity index (χ2v) is 4.02. The molecule has 0 radical (unpaired) electrons. The van der Waals surface area contributed by atoms with Gasteiger partial charge in [-0.25, -0.2) is 8.78 Å². The lowest BCUT2D eigenvalue weighted by Gasteiger charge is -2.09. The average molecular weight is 198 g/mol. The molecule has 1 aromatic carbocycles. The Balaban J connectivity index is 2.26. The molecule has 0 saturated heterocycles. The quantitative estimate of drug-likeness (QED) is 0.709. The van der Waals surface area contributed by atoms with E-state index < -0.39 is 11.6 Å². The largest absolute Gasteiger partial charge is 0.396 e. The minimum Gasteiger partial charge on any atom is -0.396 e. The molecule has 0 amide bonds. The van der Waals surface area contributed by atoms with Crippen LogP contribution in [-0.4, -0.2) is 5.54 Å². The number of hydrogen-bond donors (Lipinski definition) is 2. The van der Waals surface area contributed by atoms with Crippen LogP contribution in [0, 0.1) is 11.6 Å². The van der Waals surface area contributed by atoms with Crippen molar-refractivity contribution in [2.24, 2.45) is 5.73 Å². The van der Waals surface area contributed by atoms with Gasteiger partial charge < -0.3 is 11.5 Å². The van der Waals surface area contributed by atoms with Crippen molar-refractivity contribution >= 4 is 5.69 Å². The first-order valence-electron chi connectivity index (χ1n) is 4.52. The van der Waals surface area contributed by atoms with Crippen molar-refractivity contribution in [3.8, 4) is 0 Å². The second kappa shape index (κ2) is 2.92. The fourth-order valence-electron chi connectivity index (χ4n) is 1.51. The van der Waals surface area contributed by atoms with E-state index in [1.807, 2.05) is 0 Å². The summed E-state index contributed by atoms with van der Waals surface area (Å²) in [6.07, 6.45) is 2.44. The predicted octanol–water partition coefficient (Wildman–Crippen LogP) is 1.58. The Hall–Kier alpha value is -1.16. The molecule has 0 heterocycles. The van der Waals surface area contributed by atoms with Gasteiger partial charge in [-0.15, -0.1) is 0 Å². The van der Waals surface area contributed by atoms with Crippen LogP contribution in [0.5, 0.6) is 0 Å². The molecule has 2 nitrogen and oxygen atoms in total. The minimum atomic E-state index is -0.976. The van der Waals surface area contributed by atoms with E-state index in [1.54, 1.807) is 0 Å². The van der Waals surface area contributed by atoms with Crippen molar-refractivity contribution in [1.29, 1.82) is 0 Å². The summed E-state index contributed by atoms with van der Waals surface area (Å²) in [6.45, 7) is 0. The Morgan fingerprint density at radius 1 is 1.29 bits per heavy atom. The summed E-state index contributed by atoms with van der Waals surface area (Å²) in [4.78, 5) is 0. The highest BCUT2D eigenvalue weighted by atomic mass is 19.2. The molecule has 1 aliphatic rings. The molecule has 4 heteroatoms. The van der Waals surface area contributed by atoms with Gasteiger partial charge in [0.2, 0.25) is 0 Å². The lowest BCUT2D eigenvalue weighted by Crippen LogP contribution is -2.24. The van der Waals surface area contributed by atoms with Crippen molar-refractivity contribution < 1.29 is 8.78 Å². The molecule has 76 valence electrons. The predicted molar refractivity (Wildman–Crippen MR) is 50.6 cm³/mol. The highest BCUT2D eigenvalue weighted by molar-refractivity contribution is 5.44. The maximum Gasteiger partial charge on any atom is 0.181 e. The average Bonchev–Trinajstić information content (AvgIpc) is 2.79. The Morgan fingerprint density at radius 3 is 2.43 bits per heavy atom. The van der Waals surface area contributed by atoms with Gasteiger partial charge in [-0.2, -0.15) is 0 Å². The molecular weight excluding hydrogens is 186 g/mol. The van der Waals surface area contributed by atoms with E-state index in [1.165, 1.54) is 12.1 Å². The molecule has 1 aromatic rings. The van der Waals surface area contributed by atoms with E-state index in [0.717, 1.165) is 12.8 Å². The molecule has 1 aliphatic carbocycles. The van der Waals surface area contributed by atoms with Gasteiger partial charge >= 0.3 is 0 Å². The lowest BCUT2D eigenvalue weighted by molar-refractivity contribution is 0.509. The van der Waals surface area contributed by atoms with Gasteiger partial charge in [-0.3, -0.25) is 0 Å². The summed E-state index contributed by atoms with van der Waals surface area (Å²) in [7, 11) is 0. The number of anilines is 1. The fourth-order valence-corrected chi connectivity index (χ4v) is 1.51. The Bertz CT molecular complexity index is 349. The normalized spacial score (nSPS) is 18.2. The second-order valence-electron chi connectivity index (χ2n) is 4.02. The zero-order valence-corrected chi connectivity index (χ0v) is 7.69. The van der Waals surface area contributed by atoms with Crippen LogP contribution in [0.4, 0.5) is 14.5 Å². The van der Waals surface area contributed by atoms with Crippen molar-refractivity contribution in [2.45, 2.75) is 24.8 Å². The molecule has 0 spiro atoms. The standard InChI is InChI=1S/C10H12F2N2/c11-7-3-6(4-8(13)9(7)12)5-10(14)1-2-10/h3-4H,1-2,5,13-14H2. The van der Waals surface area contributed by atoms with Gasteiger partial charge in [0.05, 0.1) is 5.69 Å². The zero-order valence-electron chi connectivity index (χ0n) is 7.69. The molecule has 2 rings (SSSR count). The number of benzene rings is 1. The fraction of sp³-hybridized carbons (Fsp3) is 0.400. The van der Waals surface area contributed by atoms with E-state index >= 15 is 0 Å². The summed E-state index contributed by atoms with van der Waals surface area (Å²) in [5.41, 5.74) is 11.5. The SMILES string of the molecule is Nc1cc(CC2(N)CC2)cc(F)c1F. The maximum absolute atomic E-state index is 12.9. The van der Waals surface area contributed by atoms with Crippen molar-refractivity contribution in [1.82, 2.24) is 0 Å². The molecular formula is C10H12F2N2.